The molecule has 1 aliphatic carbocycles. The zero-order chi connectivity index (χ0) is 13.1. The number of aryl methyl sites for hydroxylation is 1. The SMILES string of the molecule is CNc1ccc(Oc2ncnc3c2CCCC3)cc1. The third kappa shape index (κ3) is 2.52. The van der Waals surface area contributed by atoms with Gasteiger partial charge >= 0.3 is 0 Å². The maximum absolute atomic E-state index is 5.90. The van der Waals surface area contributed by atoms with Crippen molar-refractivity contribution in [3.05, 3.63) is 41.9 Å². The van der Waals surface area contributed by atoms with Crippen LogP contribution in [-0.4, -0.2) is 17.0 Å². The van der Waals surface area contributed by atoms with E-state index in [-0.39, 0.29) is 0 Å². The van der Waals surface area contributed by atoms with Crippen LogP contribution in [-0.2, 0) is 12.8 Å². The molecule has 0 saturated heterocycles. The molecule has 2 aromatic rings. The van der Waals surface area contributed by atoms with Gasteiger partial charge in [0.1, 0.15) is 12.1 Å². The second-order valence-corrected chi connectivity index (χ2v) is 4.69. The van der Waals surface area contributed by atoms with Crippen molar-refractivity contribution in [2.75, 3.05) is 12.4 Å². The van der Waals surface area contributed by atoms with E-state index in [0.29, 0.717) is 5.88 Å². The molecule has 3 rings (SSSR count). The second kappa shape index (κ2) is 5.26. The number of rotatable bonds is 3. The van der Waals surface area contributed by atoms with Gasteiger partial charge in [0, 0.05) is 18.3 Å². The van der Waals surface area contributed by atoms with Gasteiger partial charge < -0.3 is 10.1 Å². The number of fused-ring (bicyclic) bond motifs is 1. The van der Waals surface area contributed by atoms with Gasteiger partial charge in [-0.15, -0.1) is 0 Å². The number of hydrogen-bond donors (Lipinski definition) is 1. The van der Waals surface area contributed by atoms with Crippen LogP contribution >= 0.6 is 0 Å². The molecule has 0 bridgehead atoms. The lowest BCUT2D eigenvalue weighted by Gasteiger charge is -2.17. The smallest absolute Gasteiger partial charge is 0.225 e. The highest BCUT2D eigenvalue weighted by Gasteiger charge is 2.16. The average molecular weight is 255 g/mol. The minimum Gasteiger partial charge on any atom is -0.439 e. The Labute approximate surface area is 112 Å². The first-order chi connectivity index (χ1) is 9.36. The fourth-order valence-electron chi connectivity index (χ4n) is 2.38. The van der Waals surface area contributed by atoms with E-state index in [0.717, 1.165) is 30.0 Å². The zero-order valence-electron chi connectivity index (χ0n) is 11.0. The molecular formula is C15H17N3O. The molecule has 1 heterocycles. The van der Waals surface area contributed by atoms with Crippen molar-refractivity contribution in [1.29, 1.82) is 0 Å². The van der Waals surface area contributed by atoms with Crippen LogP contribution in [0.2, 0.25) is 0 Å². The van der Waals surface area contributed by atoms with E-state index in [1.165, 1.54) is 18.4 Å². The molecule has 0 fully saturated rings. The maximum atomic E-state index is 5.90. The van der Waals surface area contributed by atoms with Crippen molar-refractivity contribution in [2.24, 2.45) is 0 Å². The van der Waals surface area contributed by atoms with E-state index in [1.54, 1.807) is 6.33 Å². The number of nitrogens with one attached hydrogen (secondary N) is 1. The third-order valence-electron chi connectivity index (χ3n) is 3.44. The normalized spacial score (nSPS) is 13.7. The van der Waals surface area contributed by atoms with Gasteiger partial charge in [-0.3, -0.25) is 0 Å². The van der Waals surface area contributed by atoms with E-state index in [9.17, 15) is 0 Å². The summed E-state index contributed by atoms with van der Waals surface area (Å²) in [6, 6.07) is 7.87. The molecule has 98 valence electrons. The molecule has 1 N–H and O–H groups in total. The third-order valence-corrected chi connectivity index (χ3v) is 3.44. The molecule has 0 radical (unpaired) electrons. The van der Waals surface area contributed by atoms with Crippen molar-refractivity contribution >= 4 is 5.69 Å². The highest BCUT2D eigenvalue weighted by molar-refractivity contribution is 5.46. The first-order valence-corrected chi connectivity index (χ1v) is 6.65. The summed E-state index contributed by atoms with van der Waals surface area (Å²) in [4.78, 5) is 8.63. The Morgan fingerprint density at radius 3 is 2.63 bits per heavy atom. The largest absolute Gasteiger partial charge is 0.439 e. The van der Waals surface area contributed by atoms with Crippen molar-refractivity contribution < 1.29 is 4.74 Å². The fourth-order valence-corrected chi connectivity index (χ4v) is 2.38. The van der Waals surface area contributed by atoms with E-state index in [4.69, 9.17) is 4.74 Å². The Bertz CT molecular complexity index is 566. The van der Waals surface area contributed by atoms with Gasteiger partial charge in [0.15, 0.2) is 0 Å². The Morgan fingerprint density at radius 1 is 1.05 bits per heavy atom. The predicted molar refractivity (Wildman–Crippen MR) is 74.7 cm³/mol. The molecule has 4 nitrogen and oxygen atoms in total. The molecule has 0 unspecified atom stereocenters. The van der Waals surface area contributed by atoms with Crippen molar-refractivity contribution in [3.63, 3.8) is 0 Å². The summed E-state index contributed by atoms with van der Waals surface area (Å²) in [7, 11) is 1.90. The lowest BCUT2D eigenvalue weighted by Crippen LogP contribution is -2.08. The van der Waals surface area contributed by atoms with E-state index >= 15 is 0 Å². The van der Waals surface area contributed by atoms with Crippen molar-refractivity contribution in [3.8, 4) is 11.6 Å². The number of nitrogens with zero attached hydrogens (tertiary/aromatic N) is 2. The molecule has 0 spiro atoms. The number of aromatic nitrogens is 2. The molecule has 1 aliphatic rings. The maximum Gasteiger partial charge on any atom is 0.225 e. The molecular weight excluding hydrogens is 238 g/mol. The Balaban J connectivity index is 1.86. The number of hydrogen-bond acceptors (Lipinski definition) is 4. The van der Waals surface area contributed by atoms with Gasteiger partial charge in [-0.05, 0) is 49.9 Å². The van der Waals surface area contributed by atoms with Crippen LogP contribution in [0.4, 0.5) is 5.69 Å². The standard InChI is InChI=1S/C15H17N3O/c1-16-11-6-8-12(9-7-11)19-15-13-4-2-3-5-14(13)17-10-18-15/h6-10,16H,2-5H2,1H3. The topological polar surface area (TPSA) is 47.0 Å². The minimum atomic E-state index is 0.710. The molecule has 0 atom stereocenters. The van der Waals surface area contributed by atoms with E-state index in [2.05, 4.69) is 15.3 Å². The second-order valence-electron chi connectivity index (χ2n) is 4.69. The summed E-state index contributed by atoms with van der Waals surface area (Å²) in [5.74, 6) is 1.52. The highest BCUT2D eigenvalue weighted by atomic mass is 16.5. The summed E-state index contributed by atoms with van der Waals surface area (Å²) >= 11 is 0. The van der Waals surface area contributed by atoms with Crippen LogP contribution in [0.1, 0.15) is 24.1 Å². The monoisotopic (exact) mass is 255 g/mol. The lowest BCUT2D eigenvalue weighted by atomic mass is 9.97. The van der Waals surface area contributed by atoms with Crippen molar-refractivity contribution in [1.82, 2.24) is 9.97 Å². The van der Waals surface area contributed by atoms with Crippen LogP contribution in [0.25, 0.3) is 0 Å². The van der Waals surface area contributed by atoms with Gasteiger partial charge in [0.25, 0.3) is 0 Å². The van der Waals surface area contributed by atoms with Gasteiger partial charge in [-0.25, -0.2) is 9.97 Å². The molecule has 0 amide bonds. The first kappa shape index (κ1) is 12.0. The molecule has 0 saturated carbocycles. The van der Waals surface area contributed by atoms with Crippen molar-refractivity contribution in [2.45, 2.75) is 25.7 Å². The Morgan fingerprint density at radius 2 is 1.84 bits per heavy atom. The quantitative estimate of drug-likeness (QED) is 0.915. The number of ether oxygens (including phenoxy) is 1. The Hall–Kier alpha value is -2.10. The van der Waals surface area contributed by atoms with Crippen LogP contribution in [0.15, 0.2) is 30.6 Å². The molecule has 1 aromatic heterocycles. The highest BCUT2D eigenvalue weighted by Crippen LogP contribution is 2.29. The molecule has 4 heteroatoms. The van der Waals surface area contributed by atoms with Gasteiger partial charge in [-0.2, -0.15) is 0 Å². The van der Waals surface area contributed by atoms with Crippen LogP contribution < -0.4 is 10.1 Å². The average Bonchev–Trinajstić information content (AvgIpc) is 2.48. The number of anilines is 1. The van der Waals surface area contributed by atoms with Gasteiger partial charge in [0.2, 0.25) is 5.88 Å². The molecule has 19 heavy (non-hydrogen) atoms. The summed E-state index contributed by atoms with van der Waals surface area (Å²) in [6.07, 6.45) is 6.05. The van der Waals surface area contributed by atoms with E-state index in [1.807, 2.05) is 31.3 Å². The molecule has 1 aromatic carbocycles. The van der Waals surface area contributed by atoms with Crippen LogP contribution in [0.5, 0.6) is 11.6 Å². The number of benzene rings is 1. The van der Waals surface area contributed by atoms with E-state index < -0.39 is 0 Å². The summed E-state index contributed by atoms with van der Waals surface area (Å²) < 4.78 is 5.90. The van der Waals surface area contributed by atoms with Gasteiger partial charge in [-0.1, -0.05) is 0 Å². The lowest BCUT2D eigenvalue weighted by molar-refractivity contribution is 0.447. The zero-order valence-corrected chi connectivity index (χ0v) is 11.0. The van der Waals surface area contributed by atoms with Gasteiger partial charge in [0.05, 0.1) is 5.69 Å². The summed E-state index contributed by atoms with van der Waals surface area (Å²) in [6.45, 7) is 0. The van der Waals surface area contributed by atoms with Crippen LogP contribution in [0, 0.1) is 0 Å². The predicted octanol–water partition coefficient (Wildman–Crippen LogP) is 3.19. The minimum absolute atomic E-state index is 0.710. The molecule has 0 aliphatic heterocycles. The summed E-state index contributed by atoms with van der Waals surface area (Å²) in [5.41, 5.74) is 3.38. The fraction of sp³-hybridized carbons (Fsp3) is 0.333. The van der Waals surface area contributed by atoms with Crippen LogP contribution in [0.3, 0.4) is 0 Å². The summed E-state index contributed by atoms with van der Waals surface area (Å²) in [5, 5.41) is 3.09. The Kier molecular flexibility index (Phi) is 3.31. The first-order valence-electron chi connectivity index (χ1n) is 6.65.